The predicted molar refractivity (Wildman–Crippen MR) is 80.1 cm³/mol. The minimum atomic E-state index is 0.756. The van der Waals surface area contributed by atoms with Crippen LogP contribution in [-0.4, -0.2) is 55.1 Å². The number of hydrogen-bond donors (Lipinski definition) is 1. The fourth-order valence-electron chi connectivity index (χ4n) is 4.08. The van der Waals surface area contributed by atoms with Crippen LogP contribution in [0.25, 0.3) is 0 Å². The van der Waals surface area contributed by atoms with Gasteiger partial charge in [-0.15, -0.1) is 0 Å². The lowest BCUT2D eigenvalue weighted by atomic mass is 9.78. The summed E-state index contributed by atoms with van der Waals surface area (Å²) in [6.07, 6.45) is 7.08. The van der Waals surface area contributed by atoms with Crippen LogP contribution in [0.4, 0.5) is 0 Å². The third kappa shape index (κ3) is 3.50. The predicted octanol–water partition coefficient (Wildman–Crippen LogP) is 1.78. The summed E-state index contributed by atoms with van der Waals surface area (Å²) in [5, 5.41) is 0. The van der Waals surface area contributed by atoms with Crippen LogP contribution in [0, 0.1) is 17.8 Å². The van der Waals surface area contributed by atoms with Crippen LogP contribution in [0.5, 0.6) is 0 Å². The molecule has 0 aromatic rings. The van der Waals surface area contributed by atoms with E-state index in [1.165, 1.54) is 64.8 Å². The lowest BCUT2D eigenvalue weighted by molar-refractivity contribution is 0.0385. The molecule has 3 nitrogen and oxygen atoms in total. The monoisotopic (exact) mass is 265 g/mol. The first-order chi connectivity index (χ1) is 9.26. The molecular formula is C16H31N3. The summed E-state index contributed by atoms with van der Waals surface area (Å²) in [5.41, 5.74) is 6.01. The van der Waals surface area contributed by atoms with Gasteiger partial charge in [-0.3, -0.25) is 4.90 Å². The Morgan fingerprint density at radius 2 is 1.74 bits per heavy atom. The molecule has 0 spiro atoms. The highest BCUT2D eigenvalue weighted by Gasteiger charge is 2.34. The van der Waals surface area contributed by atoms with Crippen LogP contribution < -0.4 is 5.73 Å². The Hall–Kier alpha value is -0.120. The molecule has 2 N–H and O–H groups in total. The maximum absolute atomic E-state index is 6.01. The van der Waals surface area contributed by atoms with Crippen LogP contribution in [0.1, 0.15) is 39.0 Å². The first kappa shape index (κ1) is 13.8. The summed E-state index contributed by atoms with van der Waals surface area (Å²) in [6, 6.07) is 0.775. The molecule has 3 unspecified atom stereocenters. The summed E-state index contributed by atoms with van der Waals surface area (Å²) in [4.78, 5) is 5.45. The third-order valence-electron chi connectivity index (χ3n) is 5.61. The first-order valence-electron chi connectivity index (χ1n) is 8.42. The summed E-state index contributed by atoms with van der Waals surface area (Å²) in [6.45, 7) is 9.82. The van der Waals surface area contributed by atoms with Gasteiger partial charge in [-0.05, 0) is 50.0 Å². The van der Waals surface area contributed by atoms with Gasteiger partial charge in [-0.1, -0.05) is 13.3 Å². The Labute approximate surface area is 118 Å². The molecule has 0 radical (unpaired) electrons. The van der Waals surface area contributed by atoms with Crippen molar-refractivity contribution < 1.29 is 0 Å². The Morgan fingerprint density at radius 1 is 1.00 bits per heavy atom. The molecule has 19 heavy (non-hydrogen) atoms. The minimum absolute atomic E-state index is 0.756. The van der Waals surface area contributed by atoms with E-state index in [2.05, 4.69) is 16.7 Å². The molecule has 3 atom stereocenters. The van der Waals surface area contributed by atoms with Crippen molar-refractivity contribution in [1.82, 2.24) is 9.80 Å². The number of nitrogens with two attached hydrogens (primary N) is 1. The molecule has 0 aromatic carbocycles. The second kappa shape index (κ2) is 6.11. The van der Waals surface area contributed by atoms with Crippen molar-refractivity contribution in [3.8, 4) is 0 Å². The molecule has 1 aliphatic heterocycles. The van der Waals surface area contributed by atoms with Crippen molar-refractivity contribution in [1.29, 1.82) is 0 Å². The van der Waals surface area contributed by atoms with Gasteiger partial charge in [0.25, 0.3) is 0 Å². The highest BCUT2D eigenvalue weighted by atomic mass is 15.3. The zero-order chi connectivity index (χ0) is 13.2. The Kier molecular flexibility index (Phi) is 4.45. The van der Waals surface area contributed by atoms with Crippen LogP contribution in [0.3, 0.4) is 0 Å². The number of rotatable bonds is 4. The van der Waals surface area contributed by atoms with Crippen LogP contribution in [-0.2, 0) is 0 Å². The van der Waals surface area contributed by atoms with Crippen molar-refractivity contribution in [2.75, 3.05) is 39.3 Å². The highest BCUT2D eigenvalue weighted by Crippen LogP contribution is 2.33. The zero-order valence-electron chi connectivity index (χ0n) is 12.6. The largest absolute Gasteiger partial charge is 0.330 e. The van der Waals surface area contributed by atoms with Gasteiger partial charge < -0.3 is 10.6 Å². The van der Waals surface area contributed by atoms with Gasteiger partial charge >= 0.3 is 0 Å². The fraction of sp³-hybridized carbons (Fsp3) is 1.00. The van der Waals surface area contributed by atoms with Crippen molar-refractivity contribution in [2.24, 2.45) is 23.5 Å². The molecule has 2 saturated carbocycles. The third-order valence-corrected chi connectivity index (χ3v) is 5.61. The summed E-state index contributed by atoms with van der Waals surface area (Å²) in [5.74, 6) is 2.70. The van der Waals surface area contributed by atoms with Gasteiger partial charge in [0.1, 0.15) is 0 Å². The van der Waals surface area contributed by atoms with Gasteiger partial charge in [0.15, 0.2) is 0 Å². The van der Waals surface area contributed by atoms with E-state index in [1.54, 1.807) is 0 Å². The quantitative estimate of drug-likeness (QED) is 0.841. The lowest BCUT2D eigenvalue weighted by Gasteiger charge is -2.45. The Bertz CT molecular complexity index is 282. The van der Waals surface area contributed by atoms with Gasteiger partial charge in [-0.25, -0.2) is 0 Å². The normalized spacial score (nSPS) is 38.5. The molecule has 1 heterocycles. The van der Waals surface area contributed by atoms with Crippen molar-refractivity contribution in [2.45, 2.75) is 45.1 Å². The first-order valence-corrected chi connectivity index (χ1v) is 8.42. The SMILES string of the molecule is CC1CCC(CN)C(N2CCN(CC3CC3)CC2)C1. The van der Waals surface area contributed by atoms with Crippen LogP contribution in [0.15, 0.2) is 0 Å². The van der Waals surface area contributed by atoms with Crippen molar-refractivity contribution in [3.63, 3.8) is 0 Å². The molecule has 3 rings (SSSR count). The molecule has 2 aliphatic carbocycles. The molecule has 3 heteroatoms. The maximum Gasteiger partial charge on any atom is 0.0139 e. The lowest BCUT2D eigenvalue weighted by Crippen LogP contribution is -2.54. The van der Waals surface area contributed by atoms with Crippen molar-refractivity contribution >= 4 is 0 Å². The smallest absolute Gasteiger partial charge is 0.0139 e. The van der Waals surface area contributed by atoms with E-state index in [9.17, 15) is 0 Å². The molecule has 3 fully saturated rings. The molecule has 1 saturated heterocycles. The highest BCUT2D eigenvalue weighted by molar-refractivity contribution is 4.89. The Balaban J connectivity index is 1.50. The number of nitrogens with zero attached hydrogens (tertiary/aromatic N) is 2. The van der Waals surface area contributed by atoms with E-state index < -0.39 is 0 Å². The fourth-order valence-corrected chi connectivity index (χ4v) is 4.08. The van der Waals surface area contributed by atoms with E-state index in [1.807, 2.05) is 0 Å². The molecule has 3 aliphatic rings. The molecule has 0 amide bonds. The van der Waals surface area contributed by atoms with E-state index in [0.717, 1.165) is 30.3 Å². The van der Waals surface area contributed by atoms with Gasteiger partial charge in [0, 0.05) is 38.8 Å². The summed E-state index contributed by atoms with van der Waals surface area (Å²) in [7, 11) is 0. The molecular weight excluding hydrogens is 234 g/mol. The van der Waals surface area contributed by atoms with Gasteiger partial charge in [0.2, 0.25) is 0 Å². The average molecular weight is 265 g/mol. The topological polar surface area (TPSA) is 32.5 Å². The molecule has 0 bridgehead atoms. The van der Waals surface area contributed by atoms with Crippen molar-refractivity contribution in [3.05, 3.63) is 0 Å². The maximum atomic E-state index is 6.01. The standard InChI is InChI=1S/C16H31N3/c1-13-2-5-15(11-17)16(10-13)19-8-6-18(7-9-19)12-14-3-4-14/h13-16H,2-12,17H2,1H3. The summed E-state index contributed by atoms with van der Waals surface area (Å²) >= 11 is 0. The van der Waals surface area contributed by atoms with E-state index in [0.29, 0.717) is 0 Å². The zero-order valence-corrected chi connectivity index (χ0v) is 12.6. The number of hydrogen-bond acceptors (Lipinski definition) is 3. The molecule has 0 aromatic heterocycles. The van der Waals surface area contributed by atoms with Crippen LogP contribution >= 0.6 is 0 Å². The van der Waals surface area contributed by atoms with Gasteiger partial charge in [-0.2, -0.15) is 0 Å². The van der Waals surface area contributed by atoms with E-state index in [-0.39, 0.29) is 0 Å². The minimum Gasteiger partial charge on any atom is -0.330 e. The van der Waals surface area contributed by atoms with Crippen LogP contribution in [0.2, 0.25) is 0 Å². The number of piperazine rings is 1. The molecule has 110 valence electrons. The second-order valence-electron chi connectivity index (χ2n) is 7.26. The van der Waals surface area contributed by atoms with Gasteiger partial charge in [0.05, 0.1) is 0 Å². The van der Waals surface area contributed by atoms with E-state index in [4.69, 9.17) is 5.73 Å². The Morgan fingerprint density at radius 3 is 2.37 bits per heavy atom. The summed E-state index contributed by atoms with van der Waals surface area (Å²) < 4.78 is 0. The second-order valence-corrected chi connectivity index (χ2v) is 7.26. The average Bonchev–Trinajstić information content (AvgIpc) is 3.23. The van der Waals surface area contributed by atoms with E-state index >= 15 is 0 Å².